The SMILES string of the molecule is C=C(/C=C\C=C(/C)F)c1c(C(C)N)nc2cccc(C)n2c1=O. The van der Waals surface area contributed by atoms with Crippen molar-refractivity contribution in [1.82, 2.24) is 9.38 Å². The second kappa shape index (κ2) is 6.71. The van der Waals surface area contributed by atoms with Crippen LogP contribution in [0.15, 0.2) is 53.6 Å². The van der Waals surface area contributed by atoms with Gasteiger partial charge in [0.25, 0.3) is 5.56 Å². The summed E-state index contributed by atoms with van der Waals surface area (Å²) in [6.45, 7) is 8.85. The van der Waals surface area contributed by atoms with Gasteiger partial charge < -0.3 is 5.73 Å². The van der Waals surface area contributed by atoms with Crippen LogP contribution in [0.3, 0.4) is 0 Å². The number of nitrogens with two attached hydrogens (primary N) is 1. The van der Waals surface area contributed by atoms with Crippen molar-refractivity contribution in [3.8, 4) is 0 Å². The molecule has 120 valence electrons. The Hall–Kier alpha value is -2.53. The Kier molecular flexibility index (Phi) is 4.91. The molecule has 4 nitrogen and oxygen atoms in total. The number of fused-ring (bicyclic) bond motifs is 1. The van der Waals surface area contributed by atoms with E-state index in [1.807, 2.05) is 19.1 Å². The molecule has 0 aliphatic heterocycles. The Morgan fingerprint density at radius 3 is 2.78 bits per heavy atom. The number of allylic oxidation sites excluding steroid dienone is 5. The normalized spacial score (nSPS) is 13.7. The van der Waals surface area contributed by atoms with Crippen LogP contribution in [0.4, 0.5) is 4.39 Å². The minimum Gasteiger partial charge on any atom is -0.323 e. The molecular formula is C18H20FN3O. The van der Waals surface area contributed by atoms with Crippen LogP contribution in [0, 0.1) is 6.92 Å². The highest BCUT2D eigenvalue weighted by Gasteiger charge is 2.17. The lowest BCUT2D eigenvalue weighted by molar-refractivity contribution is 0.640. The van der Waals surface area contributed by atoms with E-state index in [0.29, 0.717) is 22.5 Å². The Morgan fingerprint density at radius 1 is 1.48 bits per heavy atom. The van der Waals surface area contributed by atoms with Crippen molar-refractivity contribution >= 4 is 11.2 Å². The molecule has 0 bridgehead atoms. The lowest BCUT2D eigenvalue weighted by Crippen LogP contribution is -2.26. The van der Waals surface area contributed by atoms with E-state index in [9.17, 15) is 9.18 Å². The van der Waals surface area contributed by atoms with Crippen LogP contribution in [0.25, 0.3) is 11.2 Å². The molecule has 5 heteroatoms. The molecule has 2 heterocycles. The molecule has 0 saturated heterocycles. The minimum atomic E-state index is -0.424. The predicted octanol–water partition coefficient (Wildman–Crippen LogP) is 3.47. The van der Waals surface area contributed by atoms with E-state index in [-0.39, 0.29) is 11.4 Å². The van der Waals surface area contributed by atoms with Crippen LogP contribution in [-0.2, 0) is 0 Å². The molecule has 0 aromatic carbocycles. The van der Waals surface area contributed by atoms with E-state index in [4.69, 9.17) is 5.73 Å². The Balaban J connectivity index is 2.73. The van der Waals surface area contributed by atoms with Gasteiger partial charge in [0.2, 0.25) is 0 Å². The van der Waals surface area contributed by atoms with Gasteiger partial charge >= 0.3 is 0 Å². The van der Waals surface area contributed by atoms with Crippen molar-refractivity contribution in [1.29, 1.82) is 0 Å². The van der Waals surface area contributed by atoms with Gasteiger partial charge in [-0.05, 0) is 44.6 Å². The van der Waals surface area contributed by atoms with Gasteiger partial charge in [-0.25, -0.2) is 9.37 Å². The zero-order valence-corrected chi connectivity index (χ0v) is 13.5. The lowest BCUT2D eigenvalue weighted by Gasteiger charge is -2.14. The summed E-state index contributed by atoms with van der Waals surface area (Å²) in [5.41, 5.74) is 8.36. The van der Waals surface area contributed by atoms with Crippen molar-refractivity contribution in [3.63, 3.8) is 0 Å². The number of aromatic nitrogens is 2. The summed E-state index contributed by atoms with van der Waals surface area (Å²) in [6.07, 6.45) is 4.39. The van der Waals surface area contributed by atoms with E-state index in [1.165, 1.54) is 23.5 Å². The summed E-state index contributed by atoms with van der Waals surface area (Å²) < 4.78 is 14.3. The van der Waals surface area contributed by atoms with Crippen LogP contribution in [-0.4, -0.2) is 9.38 Å². The maximum atomic E-state index is 12.9. The number of hydrogen-bond donors (Lipinski definition) is 1. The fraction of sp³-hybridized carbons (Fsp3) is 0.222. The fourth-order valence-electron chi connectivity index (χ4n) is 2.37. The van der Waals surface area contributed by atoms with Crippen LogP contribution < -0.4 is 11.3 Å². The van der Waals surface area contributed by atoms with Crippen LogP contribution in [0.1, 0.15) is 36.8 Å². The summed E-state index contributed by atoms with van der Waals surface area (Å²) in [7, 11) is 0. The number of rotatable bonds is 4. The summed E-state index contributed by atoms with van der Waals surface area (Å²) in [6, 6.07) is 5.01. The maximum absolute atomic E-state index is 12.9. The molecule has 0 spiro atoms. The Labute approximate surface area is 134 Å². The summed E-state index contributed by atoms with van der Waals surface area (Å²) in [4.78, 5) is 17.4. The van der Waals surface area contributed by atoms with E-state index in [2.05, 4.69) is 11.6 Å². The van der Waals surface area contributed by atoms with E-state index >= 15 is 0 Å². The zero-order chi connectivity index (χ0) is 17.1. The van der Waals surface area contributed by atoms with Gasteiger partial charge in [-0.15, -0.1) is 0 Å². The van der Waals surface area contributed by atoms with Gasteiger partial charge in [-0.2, -0.15) is 0 Å². The number of nitrogens with zero attached hydrogens (tertiary/aromatic N) is 2. The molecule has 1 atom stereocenters. The second-order valence-corrected chi connectivity index (χ2v) is 5.46. The highest BCUT2D eigenvalue weighted by molar-refractivity contribution is 5.74. The van der Waals surface area contributed by atoms with Gasteiger partial charge in [-0.1, -0.05) is 24.8 Å². The summed E-state index contributed by atoms with van der Waals surface area (Å²) in [5, 5.41) is 0. The van der Waals surface area contributed by atoms with Gasteiger partial charge in [-0.3, -0.25) is 9.20 Å². The van der Waals surface area contributed by atoms with Crippen LogP contribution in [0.2, 0.25) is 0 Å². The van der Waals surface area contributed by atoms with Gasteiger partial charge in [0, 0.05) is 11.7 Å². The number of aryl methyl sites for hydroxylation is 1. The topological polar surface area (TPSA) is 60.4 Å². The third kappa shape index (κ3) is 3.46. The molecule has 1 unspecified atom stereocenters. The molecule has 2 aromatic heterocycles. The molecule has 0 amide bonds. The molecule has 0 saturated carbocycles. The molecule has 0 aliphatic rings. The van der Waals surface area contributed by atoms with Crippen LogP contribution in [0.5, 0.6) is 0 Å². The van der Waals surface area contributed by atoms with Crippen molar-refractivity contribution in [2.24, 2.45) is 5.73 Å². The average Bonchev–Trinajstić information content (AvgIpc) is 2.46. The molecule has 0 fully saturated rings. The van der Waals surface area contributed by atoms with Gasteiger partial charge in [0.15, 0.2) is 0 Å². The first-order chi connectivity index (χ1) is 10.8. The predicted molar refractivity (Wildman–Crippen MR) is 91.8 cm³/mol. The Bertz CT molecular complexity index is 872. The van der Waals surface area contributed by atoms with Crippen molar-refractivity contribution < 1.29 is 4.39 Å². The van der Waals surface area contributed by atoms with E-state index < -0.39 is 6.04 Å². The molecule has 0 aliphatic carbocycles. The van der Waals surface area contributed by atoms with Crippen molar-refractivity contribution in [3.05, 3.63) is 76.1 Å². The quantitative estimate of drug-likeness (QED) is 0.879. The number of hydrogen-bond acceptors (Lipinski definition) is 3. The Morgan fingerprint density at radius 2 is 2.17 bits per heavy atom. The average molecular weight is 313 g/mol. The molecular weight excluding hydrogens is 293 g/mol. The minimum absolute atomic E-state index is 0.226. The molecule has 2 rings (SSSR count). The maximum Gasteiger partial charge on any atom is 0.266 e. The van der Waals surface area contributed by atoms with E-state index in [0.717, 1.165) is 5.69 Å². The standard InChI is InChI=1S/C18H20FN3O/c1-11(7-5-8-12(2)19)16-17(14(4)20)21-15-10-6-9-13(3)22(15)18(16)23/h5-10,14H,1,20H2,2-4H3/b7-5-,12-8+. The zero-order valence-electron chi connectivity index (χ0n) is 13.5. The number of halogens is 1. The highest BCUT2D eigenvalue weighted by Crippen LogP contribution is 2.20. The summed E-state index contributed by atoms with van der Waals surface area (Å²) >= 11 is 0. The van der Waals surface area contributed by atoms with E-state index in [1.54, 1.807) is 19.1 Å². The third-order valence-corrected chi connectivity index (χ3v) is 3.45. The third-order valence-electron chi connectivity index (χ3n) is 3.45. The lowest BCUT2D eigenvalue weighted by atomic mass is 10.0. The first-order valence-corrected chi connectivity index (χ1v) is 7.30. The van der Waals surface area contributed by atoms with Gasteiger partial charge in [0.05, 0.1) is 17.1 Å². The van der Waals surface area contributed by atoms with Crippen LogP contribution >= 0.6 is 0 Å². The first kappa shape index (κ1) is 16.8. The molecule has 23 heavy (non-hydrogen) atoms. The fourth-order valence-corrected chi connectivity index (χ4v) is 2.37. The smallest absolute Gasteiger partial charge is 0.266 e. The summed E-state index contributed by atoms with van der Waals surface area (Å²) in [5.74, 6) is -0.328. The largest absolute Gasteiger partial charge is 0.323 e. The number of pyridine rings is 1. The first-order valence-electron chi connectivity index (χ1n) is 7.30. The van der Waals surface area contributed by atoms with Crippen molar-refractivity contribution in [2.45, 2.75) is 26.8 Å². The molecule has 0 radical (unpaired) electrons. The highest BCUT2D eigenvalue weighted by atomic mass is 19.1. The van der Waals surface area contributed by atoms with Crippen molar-refractivity contribution in [2.75, 3.05) is 0 Å². The molecule has 2 N–H and O–H groups in total. The second-order valence-electron chi connectivity index (χ2n) is 5.46. The van der Waals surface area contributed by atoms with Gasteiger partial charge in [0.1, 0.15) is 5.65 Å². The monoisotopic (exact) mass is 313 g/mol. The molecule has 2 aromatic rings.